The van der Waals surface area contributed by atoms with E-state index in [-0.39, 0.29) is 24.8 Å². The van der Waals surface area contributed by atoms with E-state index >= 15 is 0 Å². The molecule has 3 aromatic rings. The maximum absolute atomic E-state index is 12.9. The van der Waals surface area contributed by atoms with E-state index in [0.29, 0.717) is 16.7 Å². The number of anilines is 1. The van der Waals surface area contributed by atoms with Crippen LogP contribution in [0.5, 0.6) is 0 Å². The van der Waals surface area contributed by atoms with Crippen molar-refractivity contribution >= 4 is 40.2 Å². The van der Waals surface area contributed by atoms with Crippen LogP contribution in [0.2, 0.25) is 0 Å². The number of furan rings is 1. The summed E-state index contributed by atoms with van der Waals surface area (Å²) in [4.78, 5) is 28.9. The van der Waals surface area contributed by atoms with Crippen molar-refractivity contribution in [3.8, 4) is 0 Å². The first-order valence-corrected chi connectivity index (χ1v) is 11.9. The molecular formula is C24H27N3O3S. The minimum absolute atomic E-state index is 0.174. The summed E-state index contributed by atoms with van der Waals surface area (Å²) in [5.74, 6) is 0.666. The number of carbonyl (C=O) groups is 2. The molecule has 2 N–H and O–H groups in total. The Bertz CT molecular complexity index is 1030. The van der Waals surface area contributed by atoms with Gasteiger partial charge in [0.25, 0.3) is 5.91 Å². The number of hydrogen-bond acceptors (Lipinski definition) is 5. The molecule has 162 valence electrons. The number of hydrogen-bond donors (Lipinski definition) is 2. The number of benzene rings is 1. The van der Waals surface area contributed by atoms with Gasteiger partial charge in [-0.1, -0.05) is 37.5 Å². The molecule has 0 atom stereocenters. The van der Waals surface area contributed by atoms with E-state index < -0.39 is 0 Å². The molecule has 0 bridgehead atoms. The van der Waals surface area contributed by atoms with Gasteiger partial charge in [-0.3, -0.25) is 14.6 Å². The summed E-state index contributed by atoms with van der Waals surface area (Å²) < 4.78 is 5.92. The molecule has 4 rings (SSSR count). The van der Waals surface area contributed by atoms with Crippen molar-refractivity contribution < 1.29 is 14.0 Å². The average molecular weight is 438 g/mol. The highest BCUT2D eigenvalue weighted by Crippen LogP contribution is 2.34. The van der Waals surface area contributed by atoms with Crippen LogP contribution in [0.25, 0.3) is 11.0 Å². The highest BCUT2D eigenvalue weighted by atomic mass is 32.2. The molecule has 2 aromatic heterocycles. The summed E-state index contributed by atoms with van der Waals surface area (Å²) in [5, 5.41) is 7.24. The summed E-state index contributed by atoms with van der Waals surface area (Å²) >= 11 is 1.92. The first-order chi connectivity index (χ1) is 15.2. The van der Waals surface area contributed by atoms with Crippen molar-refractivity contribution in [2.75, 3.05) is 11.9 Å². The molecule has 0 saturated heterocycles. The number of fused-ring (bicyclic) bond motifs is 1. The van der Waals surface area contributed by atoms with Gasteiger partial charge >= 0.3 is 0 Å². The molecule has 1 aliphatic carbocycles. The van der Waals surface area contributed by atoms with Gasteiger partial charge in [0.1, 0.15) is 5.58 Å². The van der Waals surface area contributed by atoms with Gasteiger partial charge in [0, 0.05) is 41.1 Å². The van der Waals surface area contributed by atoms with E-state index in [9.17, 15) is 9.59 Å². The lowest BCUT2D eigenvalue weighted by molar-refractivity contribution is -0.116. The van der Waals surface area contributed by atoms with Crippen molar-refractivity contribution in [3.05, 3.63) is 60.1 Å². The number of rotatable bonds is 8. The van der Waals surface area contributed by atoms with E-state index in [1.54, 1.807) is 24.5 Å². The van der Waals surface area contributed by atoms with Gasteiger partial charge in [0.2, 0.25) is 5.91 Å². The number of nitrogens with one attached hydrogen (secondary N) is 2. The highest BCUT2D eigenvalue weighted by Gasteiger charge is 2.22. The minimum Gasteiger partial charge on any atom is -0.451 e. The molecule has 2 amide bonds. The Morgan fingerprint density at radius 1 is 1.10 bits per heavy atom. The normalized spacial score (nSPS) is 14.5. The fourth-order valence-electron chi connectivity index (χ4n) is 3.89. The molecule has 6 nitrogen and oxygen atoms in total. The second kappa shape index (κ2) is 10.5. The Kier molecular flexibility index (Phi) is 7.25. The summed E-state index contributed by atoms with van der Waals surface area (Å²) in [6.07, 6.45) is 9.80. The zero-order valence-corrected chi connectivity index (χ0v) is 18.2. The Labute approximate surface area is 186 Å². The SMILES string of the molecule is O=C(CCNC(=O)c1oc2ccccc2c1CSC1CCCCC1)Nc1cccnc1. The summed E-state index contributed by atoms with van der Waals surface area (Å²) in [6, 6.07) is 11.3. The number of nitrogens with zero attached hydrogens (tertiary/aromatic N) is 1. The Morgan fingerprint density at radius 3 is 2.74 bits per heavy atom. The van der Waals surface area contributed by atoms with Gasteiger partial charge in [-0.25, -0.2) is 0 Å². The molecule has 1 aliphatic rings. The second-order valence-corrected chi connectivity index (χ2v) is 9.06. The van der Waals surface area contributed by atoms with Crippen LogP contribution in [0.4, 0.5) is 5.69 Å². The van der Waals surface area contributed by atoms with E-state index in [2.05, 4.69) is 15.6 Å². The van der Waals surface area contributed by atoms with Gasteiger partial charge in [-0.2, -0.15) is 11.8 Å². The van der Waals surface area contributed by atoms with Crippen molar-refractivity contribution in [2.45, 2.75) is 49.5 Å². The number of carbonyl (C=O) groups excluding carboxylic acids is 2. The zero-order chi connectivity index (χ0) is 21.5. The standard InChI is InChI=1S/C24H27N3O3S/c28-22(27-17-7-6-13-25-15-17)12-14-26-24(29)23-20(16-31-18-8-2-1-3-9-18)19-10-4-5-11-21(19)30-23/h4-7,10-11,13,15,18H,1-3,8-9,12,14,16H2,(H,26,29)(H,27,28). The summed E-state index contributed by atoms with van der Waals surface area (Å²) in [7, 11) is 0. The largest absolute Gasteiger partial charge is 0.451 e. The first-order valence-electron chi connectivity index (χ1n) is 10.8. The van der Waals surface area contributed by atoms with Crippen LogP contribution in [0, 0.1) is 0 Å². The van der Waals surface area contributed by atoms with Gasteiger partial charge in [0.15, 0.2) is 5.76 Å². The van der Waals surface area contributed by atoms with Gasteiger partial charge < -0.3 is 15.1 Å². The summed E-state index contributed by atoms with van der Waals surface area (Å²) in [6.45, 7) is 0.233. The second-order valence-electron chi connectivity index (χ2n) is 7.77. The molecule has 31 heavy (non-hydrogen) atoms. The van der Waals surface area contributed by atoms with Crippen molar-refractivity contribution in [2.24, 2.45) is 0 Å². The third-order valence-corrected chi connectivity index (χ3v) is 6.90. The number of thioether (sulfide) groups is 1. The fraction of sp³-hybridized carbons (Fsp3) is 0.375. The summed E-state index contributed by atoms with van der Waals surface area (Å²) in [5.41, 5.74) is 2.31. The average Bonchev–Trinajstić information content (AvgIpc) is 3.18. The highest BCUT2D eigenvalue weighted by molar-refractivity contribution is 7.99. The van der Waals surface area contributed by atoms with Crippen LogP contribution in [0.1, 0.15) is 54.6 Å². The van der Waals surface area contributed by atoms with Crippen LogP contribution in [0.15, 0.2) is 53.2 Å². The fourth-order valence-corrected chi connectivity index (χ4v) is 5.24. The Balaban J connectivity index is 1.38. The van der Waals surface area contributed by atoms with Crippen LogP contribution in [-0.2, 0) is 10.5 Å². The molecule has 1 saturated carbocycles. The predicted octanol–water partition coefficient (Wildman–Crippen LogP) is 5.15. The first kappa shape index (κ1) is 21.4. The molecule has 0 spiro atoms. The molecule has 0 radical (unpaired) electrons. The Morgan fingerprint density at radius 2 is 1.94 bits per heavy atom. The molecule has 1 aromatic carbocycles. The van der Waals surface area contributed by atoms with Crippen LogP contribution in [0.3, 0.4) is 0 Å². The predicted molar refractivity (Wildman–Crippen MR) is 124 cm³/mol. The zero-order valence-electron chi connectivity index (χ0n) is 17.4. The molecule has 1 fully saturated rings. The molecule has 2 heterocycles. The Hall–Kier alpha value is -2.80. The van der Waals surface area contributed by atoms with Crippen LogP contribution < -0.4 is 10.6 Å². The molecule has 0 aliphatic heterocycles. The quantitative estimate of drug-likeness (QED) is 0.509. The monoisotopic (exact) mass is 437 g/mol. The topological polar surface area (TPSA) is 84.2 Å². The number of amides is 2. The maximum Gasteiger partial charge on any atom is 0.287 e. The van der Waals surface area contributed by atoms with Crippen LogP contribution >= 0.6 is 11.8 Å². The number of pyridine rings is 1. The third kappa shape index (κ3) is 5.67. The minimum atomic E-state index is -0.273. The molecular weight excluding hydrogens is 410 g/mol. The smallest absolute Gasteiger partial charge is 0.287 e. The van der Waals surface area contributed by atoms with Crippen molar-refractivity contribution in [1.82, 2.24) is 10.3 Å². The molecule has 7 heteroatoms. The van der Waals surface area contributed by atoms with Crippen molar-refractivity contribution in [3.63, 3.8) is 0 Å². The van der Waals surface area contributed by atoms with E-state index in [1.807, 2.05) is 36.0 Å². The van der Waals surface area contributed by atoms with Crippen molar-refractivity contribution in [1.29, 1.82) is 0 Å². The lowest BCUT2D eigenvalue weighted by Crippen LogP contribution is -2.28. The lowest BCUT2D eigenvalue weighted by atomic mass is 10.0. The number of para-hydroxylation sites is 1. The van der Waals surface area contributed by atoms with E-state index in [1.165, 1.54) is 32.1 Å². The van der Waals surface area contributed by atoms with Crippen LogP contribution in [-0.4, -0.2) is 28.6 Å². The maximum atomic E-state index is 12.9. The number of aromatic nitrogens is 1. The van der Waals surface area contributed by atoms with Gasteiger partial charge in [-0.05, 0) is 31.0 Å². The lowest BCUT2D eigenvalue weighted by Gasteiger charge is -2.20. The third-order valence-electron chi connectivity index (χ3n) is 5.50. The van der Waals surface area contributed by atoms with E-state index in [4.69, 9.17) is 4.42 Å². The van der Waals surface area contributed by atoms with Gasteiger partial charge in [-0.15, -0.1) is 0 Å². The van der Waals surface area contributed by atoms with E-state index in [0.717, 1.165) is 22.3 Å². The van der Waals surface area contributed by atoms with Gasteiger partial charge in [0.05, 0.1) is 11.9 Å². The molecule has 0 unspecified atom stereocenters.